The Morgan fingerprint density at radius 1 is 1.21 bits per heavy atom. The van der Waals surface area contributed by atoms with Crippen LogP contribution in [-0.4, -0.2) is 14.1 Å². The zero-order valence-electron chi connectivity index (χ0n) is 12.8. The Hall–Kier alpha value is -2.11. The number of hydrogen-bond acceptors (Lipinski definition) is 2. The molecule has 6 heteroatoms. The number of halogens is 2. The van der Waals surface area contributed by atoms with E-state index in [2.05, 4.69) is 20.9 Å². The maximum atomic E-state index is 13.0. The summed E-state index contributed by atoms with van der Waals surface area (Å²) in [7, 11) is 0. The van der Waals surface area contributed by atoms with Crippen molar-refractivity contribution in [2.75, 3.05) is 0 Å². The minimum absolute atomic E-state index is 0.116. The number of benzene rings is 2. The highest BCUT2D eigenvalue weighted by Gasteiger charge is 2.18. The number of aromatic nitrogens is 3. The molecule has 0 aliphatic rings. The fourth-order valence-electron chi connectivity index (χ4n) is 3.05. The first-order valence-corrected chi connectivity index (χ1v) is 8.73. The molecule has 0 saturated heterocycles. The summed E-state index contributed by atoms with van der Waals surface area (Å²) < 4.78 is 4.33. The van der Waals surface area contributed by atoms with Gasteiger partial charge in [-0.2, -0.15) is 0 Å². The molecule has 0 fully saturated rings. The molecule has 0 saturated carbocycles. The van der Waals surface area contributed by atoms with Crippen LogP contribution < -0.4 is 5.69 Å². The second-order valence-corrected chi connectivity index (χ2v) is 6.79. The highest BCUT2D eigenvalue weighted by atomic mass is 79.9. The van der Waals surface area contributed by atoms with Crippen LogP contribution in [0.5, 0.6) is 0 Å². The molecule has 0 N–H and O–H groups in total. The van der Waals surface area contributed by atoms with Crippen molar-refractivity contribution < 1.29 is 0 Å². The van der Waals surface area contributed by atoms with E-state index < -0.39 is 0 Å². The van der Waals surface area contributed by atoms with E-state index in [-0.39, 0.29) is 5.69 Å². The van der Waals surface area contributed by atoms with Gasteiger partial charge in [-0.3, -0.25) is 14.1 Å². The number of hydrogen-bond donors (Lipinski definition) is 0. The Labute approximate surface area is 151 Å². The summed E-state index contributed by atoms with van der Waals surface area (Å²) in [6.07, 6.45) is 1.75. The molecule has 0 aliphatic heterocycles. The number of fused-ring (bicyclic) bond motifs is 3. The molecule has 2 aromatic carbocycles. The van der Waals surface area contributed by atoms with Crippen molar-refractivity contribution in [3.8, 4) is 5.69 Å². The van der Waals surface area contributed by atoms with Gasteiger partial charge in [0.2, 0.25) is 0 Å². The monoisotopic (exact) mass is 401 g/mol. The predicted molar refractivity (Wildman–Crippen MR) is 101 cm³/mol. The Balaban J connectivity index is 2.28. The van der Waals surface area contributed by atoms with E-state index in [0.717, 1.165) is 26.4 Å². The lowest BCUT2D eigenvalue weighted by Crippen LogP contribution is -2.22. The van der Waals surface area contributed by atoms with Gasteiger partial charge in [0.15, 0.2) is 0 Å². The molecule has 0 bridgehead atoms. The average Bonchev–Trinajstić information content (AvgIpc) is 2.87. The minimum atomic E-state index is -0.116. The third-order valence-electron chi connectivity index (χ3n) is 4.13. The van der Waals surface area contributed by atoms with Gasteiger partial charge >= 0.3 is 5.69 Å². The standard InChI is InChI=1S/C18H13BrClN3O/c1-2-22-16-10-21-14-8-7-11(19)9-12(14)17(16)23(18(22)24)15-6-4-3-5-13(15)20/h3-10H,2H2,1H3. The first-order valence-electron chi connectivity index (χ1n) is 7.56. The minimum Gasteiger partial charge on any atom is -0.290 e. The van der Waals surface area contributed by atoms with Crippen molar-refractivity contribution in [2.45, 2.75) is 13.5 Å². The van der Waals surface area contributed by atoms with Gasteiger partial charge in [0.25, 0.3) is 0 Å². The highest BCUT2D eigenvalue weighted by Crippen LogP contribution is 2.29. The van der Waals surface area contributed by atoms with Gasteiger partial charge in [0, 0.05) is 16.4 Å². The van der Waals surface area contributed by atoms with Crippen LogP contribution >= 0.6 is 27.5 Å². The number of para-hydroxylation sites is 1. The smallest absolute Gasteiger partial charge is 0.290 e. The molecule has 2 aromatic heterocycles. The lowest BCUT2D eigenvalue weighted by atomic mass is 10.2. The molecule has 0 atom stereocenters. The number of aryl methyl sites for hydroxylation is 1. The Kier molecular flexibility index (Phi) is 3.70. The van der Waals surface area contributed by atoms with Crippen LogP contribution in [0.1, 0.15) is 6.92 Å². The third-order valence-corrected chi connectivity index (χ3v) is 4.94. The second-order valence-electron chi connectivity index (χ2n) is 5.47. The average molecular weight is 403 g/mol. The Bertz CT molecular complexity index is 1150. The van der Waals surface area contributed by atoms with Crippen LogP contribution in [0.4, 0.5) is 0 Å². The molecule has 0 spiro atoms. The third kappa shape index (κ3) is 2.19. The van der Waals surface area contributed by atoms with Crippen LogP contribution in [0.15, 0.2) is 57.9 Å². The molecule has 24 heavy (non-hydrogen) atoms. The number of pyridine rings is 1. The summed E-state index contributed by atoms with van der Waals surface area (Å²) >= 11 is 9.88. The molecule has 0 radical (unpaired) electrons. The van der Waals surface area contributed by atoms with Gasteiger partial charge in [-0.1, -0.05) is 39.7 Å². The molecule has 0 aliphatic carbocycles. The molecule has 0 amide bonds. The lowest BCUT2D eigenvalue weighted by molar-refractivity contribution is 0.733. The van der Waals surface area contributed by atoms with Gasteiger partial charge < -0.3 is 0 Å². The van der Waals surface area contributed by atoms with Crippen molar-refractivity contribution in [3.05, 3.63) is 68.6 Å². The fraction of sp³-hybridized carbons (Fsp3) is 0.111. The van der Waals surface area contributed by atoms with Crippen molar-refractivity contribution in [1.29, 1.82) is 0 Å². The SMILES string of the molecule is CCn1c(=O)n(-c2ccccc2Cl)c2c3cc(Br)ccc3ncc21. The molecule has 4 aromatic rings. The topological polar surface area (TPSA) is 39.8 Å². The summed E-state index contributed by atoms with van der Waals surface area (Å²) in [6, 6.07) is 13.2. The van der Waals surface area contributed by atoms with E-state index in [1.165, 1.54) is 0 Å². The molecule has 120 valence electrons. The molecule has 4 rings (SSSR count). The molecule has 0 unspecified atom stereocenters. The van der Waals surface area contributed by atoms with Crippen LogP contribution in [0, 0.1) is 0 Å². The van der Waals surface area contributed by atoms with Gasteiger partial charge in [-0.25, -0.2) is 4.79 Å². The first-order chi connectivity index (χ1) is 11.6. The summed E-state index contributed by atoms with van der Waals surface area (Å²) in [5.74, 6) is 0. The predicted octanol–water partition coefficient (Wildman–Crippen LogP) is 4.78. The molecular weight excluding hydrogens is 390 g/mol. The number of nitrogens with zero attached hydrogens (tertiary/aromatic N) is 3. The van der Waals surface area contributed by atoms with Gasteiger partial charge in [-0.05, 0) is 37.3 Å². The zero-order valence-corrected chi connectivity index (χ0v) is 15.2. The number of imidazole rings is 1. The zero-order chi connectivity index (χ0) is 16.8. The van der Waals surface area contributed by atoms with Gasteiger partial charge in [0.05, 0.1) is 33.5 Å². The normalized spacial score (nSPS) is 11.5. The van der Waals surface area contributed by atoms with E-state index in [1.807, 2.05) is 43.3 Å². The van der Waals surface area contributed by atoms with E-state index in [4.69, 9.17) is 11.6 Å². The van der Waals surface area contributed by atoms with E-state index in [9.17, 15) is 4.79 Å². The lowest BCUT2D eigenvalue weighted by Gasteiger charge is -2.07. The molecular formula is C18H13BrClN3O. The molecule has 4 nitrogen and oxygen atoms in total. The largest absolute Gasteiger partial charge is 0.333 e. The molecule has 2 heterocycles. The van der Waals surface area contributed by atoms with Crippen LogP contribution in [0.3, 0.4) is 0 Å². The van der Waals surface area contributed by atoms with Crippen LogP contribution in [0.2, 0.25) is 5.02 Å². The van der Waals surface area contributed by atoms with Crippen molar-refractivity contribution in [2.24, 2.45) is 0 Å². The van der Waals surface area contributed by atoms with Crippen LogP contribution in [-0.2, 0) is 6.54 Å². The van der Waals surface area contributed by atoms with E-state index in [1.54, 1.807) is 21.4 Å². The number of rotatable bonds is 2. The van der Waals surface area contributed by atoms with Crippen molar-refractivity contribution in [1.82, 2.24) is 14.1 Å². The van der Waals surface area contributed by atoms with Gasteiger partial charge in [0.1, 0.15) is 0 Å². The van der Waals surface area contributed by atoms with Crippen LogP contribution in [0.25, 0.3) is 27.6 Å². The van der Waals surface area contributed by atoms with Crippen molar-refractivity contribution in [3.63, 3.8) is 0 Å². The van der Waals surface area contributed by atoms with E-state index in [0.29, 0.717) is 17.3 Å². The quantitative estimate of drug-likeness (QED) is 0.484. The van der Waals surface area contributed by atoms with Gasteiger partial charge in [-0.15, -0.1) is 0 Å². The maximum Gasteiger partial charge on any atom is 0.333 e. The van der Waals surface area contributed by atoms with Crippen molar-refractivity contribution >= 4 is 49.5 Å². The Morgan fingerprint density at radius 3 is 2.75 bits per heavy atom. The summed E-state index contributed by atoms with van der Waals surface area (Å²) in [5, 5.41) is 1.45. The summed E-state index contributed by atoms with van der Waals surface area (Å²) in [4.78, 5) is 17.5. The second kappa shape index (κ2) is 5.76. The first kappa shape index (κ1) is 15.4. The summed E-state index contributed by atoms with van der Waals surface area (Å²) in [6.45, 7) is 2.51. The highest BCUT2D eigenvalue weighted by molar-refractivity contribution is 9.10. The fourth-order valence-corrected chi connectivity index (χ4v) is 3.64. The Morgan fingerprint density at radius 2 is 2.00 bits per heavy atom. The van der Waals surface area contributed by atoms with E-state index >= 15 is 0 Å². The summed E-state index contributed by atoms with van der Waals surface area (Å²) in [5.41, 5.74) is 3.01. The maximum absolute atomic E-state index is 13.0.